The number of nitrogens with two attached hydrogens (primary N) is 1. The zero-order chi connectivity index (χ0) is 12.3. The molecule has 0 spiro atoms. The van der Waals surface area contributed by atoms with Crippen molar-refractivity contribution in [2.45, 2.75) is 33.7 Å². The third-order valence-corrected chi connectivity index (χ3v) is 3.17. The van der Waals surface area contributed by atoms with Crippen LogP contribution in [0.4, 0.5) is 0 Å². The van der Waals surface area contributed by atoms with Crippen LogP contribution in [0.25, 0.3) is 0 Å². The minimum absolute atomic E-state index is 0.0273. The molecule has 0 radical (unpaired) electrons. The average molecular weight is 286 g/mol. The predicted octanol–water partition coefficient (Wildman–Crippen LogP) is 3.89. The second-order valence-electron chi connectivity index (χ2n) is 4.97. The van der Waals surface area contributed by atoms with Crippen molar-refractivity contribution >= 4 is 15.9 Å². The van der Waals surface area contributed by atoms with Gasteiger partial charge in [0, 0.05) is 6.04 Å². The van der Waals surface area contributed by atoms with Gasteiger partial charge in [0.05, 0.1) is 11.1 Å². The van der Waals surface area contributed by atoms with E-state index in [4.69, 9.17) is 10.5 Å². The lowest BCUT2D eigenvalue weighted by Gasteiger charge is -2.27. The average Bonchev–Trinajstić information content (AvgIpc) is 2.19. The van der Waals surface area contributed by atoms with Crippen LogP contribution in [0.2, 0.25) is 0 Å². The number of hydrogen-bond acceptors (Lipinski definition) is 2. The lowest BCUT2D eigenvalue weighted by Crippen LogP contribution is -2.26. The second-order valence-corrected chi connectivity index (χ2v) is 5.82. The van der Waals surface area contributed by atoms with Gasteiger partial charge in [-0.1, -0.05) is 26.8 Å². The lowest BCUT2D eigenvalue weighted by atomic mass is 9.83. The van der Waals surface area contributed by atoms with Crippen LogP contribution in [-0.4, -0.2) is 6.61 Å². The van der Waals surface area contributed by atoms with Crippen LogP contribution in [0.15, 0.2) is 22.7 Å². The molecule has 2 nitrogen and oxygen atoms in total. The molecule has 90 valence electrons. The van der Waals surface area contributed by atoms with E-state index in [2.05, 4.69) is 36.7 Å². The summed E-state index contributed by atoms with van der Waals surface area (Å²) in [6.07, 6.45) is 0. The normalized spacial score (nSPS) is 13.6. The standard InChI is InChI=1S/C13H20BrNO/c1-5-16-11-7-6-9(8-10(11)14)12(15)13(2,3)4/h6-8,12H,5,15H2,1-4H3. The second kappa shape index (κ2) is 5.19. The van der Waals surface area contributed by atoms with Gasteiger partial charge in [-0.05, 0) is 46.0 Å². The first kappa shape index (κ1) is 13.5. The highest BCUT2D eigenvalue weighted by atomic mass is 79.9. The Hall–Kier alpha value is -0.540. The van der Waals surface area contributed by atoms with Gasteiger partial charge in [0.15, 0.2) is 0 Å². The zero-order valence-electron chi connectivity index (χ0n) is 10.4. The first-order valence-corrected chi connectivity index (χ1v) is 6.33. The number of benzene rings is 1. The van der Waals surface area contributed by atoms with Crippen molar-refractivity contribution in [3.8, 4) is 5.75 Å². The van der Waals surface area contributed by atoms with E-state index in [9.17, 15) is 0 Å². The summed E-state index contributed by atoms with van der Waals surface area (Å²) in [5.74, 6) is 0.868. The Morgan fingerprint density at radius 1 is 1.38 bits per heavy atom. The summed E-state index contributed by atoms with van der Waals surface area (Å²) in [6, 6.07) is 6.07. The van der Waals surface area contributed by atoms with Crippen LogP contribution in [0.3, 0.4) is 0 Å². The predicted molar refractivity (Wildman–Crippen MR) is 71.7 cm³/mol. The number of ether oxygens (including phenoxy) is 1. The van der Waals surface area contributed by atoms with E-state index in [0.29, 0.717) is 6.61 Å². The van der Waals surface area contributed by atoms with E-state index in [1.165, 1.54) is 0 Å². The van der Waals surface area contributed by atoms with E-state index in [1.807, 2.05) is 25.1 Å². The van der Waals surface area contributed by atoms with Gasteiger partial charge in [0.1, 0.15) is 5.75 Å². The maximum Gasteiger partial charge on any atom is 0.133 e. The molecule has 0 amide bonds. The van der Waals surface area contributed by atoms with Gasteiger partial charge < -0.3 is 10.5 Å². The van der Waals surface area contributed by atoms with Crippen LogP contribution >= 0.6 is 15.9 Å². The largest absolute Gasteiger partial charge is 0.493 e. The Morgan fingerprint density at radius 2 is 2.00 bits per heavy atom. The monoisotopic (exact) mass is 285 g/mol. The fraction of sp³-hybridized carbons (Fsp3) is 0.538. The molecule has 0 fully saturated rings. The molecule has 0 aliphatic heterocycles. The van der Waals surface area contributed by atoms with Crippen molar-refractivity contribution in [1.82, 2.24) is 0 Å². The Balaban J connectivity index is 2.97. The van der Waals surface area contributed by atoms with Crippen molar-refractivity contribution < 1.29 is 4.74 Å². The SMILES string of the molecule is CCOc1ccc(C(N)C(C)(C)C)cc1Br. The fourth-order valence-corrected chi connectivity index (χ4v) is 1.99. The van der Waals surface area contributed by atoms with Gasteiger partial charge in [-0.3, -0.25) is 0 Å². The summed E-state index contributed by atoms with van der Waals surface area (Å²) in [6.45, 7) is 9.07. The molecule has 1 aromatic carbocycles. The molecule has 1 aromatic rings. The Labute approximate surface area is 106 Å². The van der Waals surface area contributed by atoms with Gasteiger partial charge in [-0.15, -0.1) is 0 Å². The number of halogens is 1. The van der Waals surface area contributed by atoms with Gasteiger partial charge >= 0.3 is 0 Å². The first-order valence-electron chi connectivity index (χ1n) is 5.54. The van der Waals surface area contributed by atoms with Crippen molar-refractivity contribution in [3.05, 3.63) is 28.2 Å². The molecule has 1 unspecified atom stereocenters. The minimum atomic E-state index is 0.0273. The highest BCUT2D eigenvalue weighted by Gasteiger charge is 2.22. The first-order chi connectivity index (χ1) is 7.36. The highest BCUT2D eigenvalue weighted by molar-refractivity contribution is 9.10. The van der Waals surface area contributed by atoms with Crippen LogP contribution in [0, 0.1) is 5.41 Å². The topological polar surface area (TPSA) is 35.2 Å². The summed E-state index contributed by atoms with van der Waals surface area (Å²) in [7, 11) is 0. The van der Waals surface area contributed by atoms with Crippen LogP contribution in [0.5, 0.6) is 5.75 Å². The summed E-state index contributed by atoms with van der Waals surface area (Å²) in [5, 5.41) is 0. The van der Waals surface area contributed by atoms with Crippen LogP contribution in [0.1, 0.15) is 39.3 Å². The van der Waals surface area contributed by atoms with E-state index < -0.39 is 0 Å². The molecule has 0 bridgehead atoms. The van der Waals surface area contributed by atoms with E-state index in [-0.39, 0.29) is 11.5 Å². The Bertz CT molecular complexity index is 357. The molecule has 1 atom stereocenters. The van der Waals surface area contributed by atoms with Gasteiger partial charge in [-0.25, -0.2) is 0 Å². The molecule has 0 aliphatic carbocycles. The molecule has 3 heteroatoms. The van der Waals surface area contributed by atoms with Crippen LogP contribution in [-0.2, 0) is 0 Å². The molecule has 1 rings (SSSR count). The van der Waals surface area contributed by atoms with Crippen molar-refractivity contribution in [3.63, 3.8) is 0 Å². The molecule has 0 saturated carbocycles. The van der Waals surface area contributed by atoms with E-state index >= 15 is 0 Å². The van der Waals surface area contributed by atoms with Gasteiger partial charge in [0.25, 0.3) is 0 Å². The van der Waals surface area contributed by atoms with E-state index in [1.54, 1.807) is 0 Å². The summed E-state index contributed by atoms with van der Waals surface area (Å²) < 4.78 is 6.43. The summed E-state index contributed by atoms with van der Waals surface area (Å²) in [5.41, 5.74) is 7.39. The lowest BCUT2D eigenvalue weighted by molar-refractivity contribution is 0.324. The minimum Gasteiger partial charge on any atom is -0.493 e. The van der Waals surface area contributed by atoms with Crippen LogP contribution < -0.4 is 10.5 Å². The summed E-state index contributed by atoms with van der Waals surface area (Å²) in [4.78, 5) is 0. The molecule has 16 heavy (non-hydrogen) atoms. The molecular weight excluding hydrogens is 266 g/mol. The fourth-order valence-electron chi connectivity index (χ4n) is 1.48. The molecule has 0 saturated heterocycles. The Morgan fingerprint density at radius 3 is 2.44 bits per heavy atom. The quantitative estimate of drug-likeness (QED) is 0.914. The third-order valence-electron chi connectivity index (χ3n) is 2.55. The summed E-state index contributed by atoms with van der Waals surface area (Å²) >= 11 is 3.50. The molecular formula is C13H20BrNO. The number of rotatable bonds is 3. The van der Waals surface area contributed by atoms with Crippen molar-refractivity contribution in [2.24, 2.45) is 11.1 Å². The smallest absolute Gasteiger partial charge is 0.133 e. The third kappa shape index (κ3) is 3.22. The molecule has 0 aliphatic rings. The maximum atomic E-state index is 6.20. The molecule has 0 aromatic heterocycles. The molecule has 2 N–H and O–H groups in total. The van der Waals surface area contributed by atoms with E-state index in [0.717, 1.165) is 15.8 Å². The zero-order valence-corrected chi connectivity index (χ0v) is 12.0. The van der Waals surface area contributed by atoms with Crippen molar-refractivity contribution in [2.75, 3.05) is 6.61 Å². The van der Waals surface area contributed by atoms with Crippen molar-refractivity contribution in [1.29, 1.82) is 0 Å². The van der Waals surface area contributed by atoms with Gasteiger partial charge in [0.2, 0.25) is 0 Å². The Kier molecular flexibility index (Phi) is 4.39. The number of hydrogen-bond donors (Lipinski definition) is 1. The van der Waals surface area contributed by atoms with Gasteiger partial charge in [-0.2, -0.15) is 0 Å². The maximum absolute atomic E-state index is 6.20. The molecule has 0 heterocycles. The highest BCUT2D eigenvalue weighted by Crippen LogP contribution is 2.34.